The molecule has 1 saturated carbocycles. The van der Waals surface area contributed by atoms with Crippen molar-refractivity contribution in [3.05, 3.63) is 48.3 Å². The van der Waals surface area contributed by atoms with Gasteiger partial charge in [0.15, 0.2) is 11.5 Å². The van der Waals surface area contributed by atoms with Crippen LogP contribution in [-0.4, -0.2) is 36.5 Å². The summed E-state index contributed by atoms with van der Waals surface area (Å²) < 4.78 is 11.6. The smallest absolute Gasteiger partial charge is 0.258 e. The number of ether oxygens (including phenoxy) is 2. The molecule has 3 rings (SSSR count). The van der Waals surface area contributed by atoms with Crippen LogP contribution in [-0.2, 0) is 0 Å². The van der Waals surface area contributed by atoms with Gasteiger partial charge in [-0.1, -0.05) is 0 Å². The molecule has 1 heterocycles. The second-order valence-corrected chi connectivity index (χ2v) is 6.62. The molecule has 0 bridgehead atoms. The van der Waals surface area contributed by atoms with Crippen LogP contribution in [0.3, 0.4) is 0 Å². The van der Waals surface area contributed by atoms with Crippen molar-refractivity contribution in [3.63, 3.8) is 0 Å². The minimum absolute atomic E-state index is 0.120. The fraction of sp³-hybridized carbons (Fsp3) is 0.400. The van der Waals surface area contributed by atoms with Gasteiger partial charge in [0.25, 0.3) is 5.91 Å². The molecular formula is C20H23ClN2O3. The van der Waals surface area contributed by atoms with Crippen molar-refractivity contribution in [1.29, 1.82) is 0 Å². The van der Waals surface area contributed by atoms with Gasteiger partial charge < -0.3 is 14.4 Å². The highest BCUT2D eigenvalue weighted by atomic mass is 35.5. The summed E-state index contributed by atoms with van der Waals surface area (Å²) in [5.74, 6) is 1.55. The Balaban J connectivity index is 1.89. The second kappa shape index (κ2) is 8.90. The lowest BCUT2D eigenvalue weighted by Gasteiger charge is -2.24. The van der Waals surface area contributed by atoms with Crippen LogP contribution < -0.4 is 14.4 Å². The number of methoxy groups -OCH3 is 1. The first kappa shape index (κ1) is 18.5. The number of carbonyl (C=O) groups is 1. The van der Waals surface area contributed by atoms with Crippen LogP contribution in [0, 0.1) is 0 Å². The molecule has 1 aromatic heterocycles. The maximum absolute atomic E-state index is 12.9. The summed E-state index contributed by atoms with van der Waals surface area (Å²) in [5, 5.41) is 0. The van der Waals surface area contributed by atoms with Crippen molar-refractivity contribution < 1.29 is 14.3 Å². The first-order chi connectivity index (χ1) is 12.7. The molecule has 1 amide bonds. The number of alkyl halides is 1. The van der Waals surface area contributed by atoms with Gasteiger partial charge in [0.05, 0.1) is 13.2 Å². The Morgan fingerprint density at radius 3 is 2.58 bits per heavy atom. The summed E-state index contributed by atoms with van der Waals surface area (Å²) in [6.07, 6.45) is 7.89. The number of aromatic nitrogens is 1. The van der Waals surface area contributed by atoms with E-state index in [0.29, 0.717) is 29.5 Å². The Morgan fingerprint density at radius 1 is 1.19 bits per heavy atom. The van der Waals surface area contributed by atoms with Crippen LogP contribution in [0.5, 0.6) is 11.5 Å². The van der Waals surface area contributed by atoms with E-state index < -0.39 is 0 Å². The maximum atomic E-state index is 12.9. The number of nitrogens with zero attached hydrogens (tertiary/aromatic N) is 2. The zero-order valence-electron chi connectivity index (χ0n) is 14.9. The molecule has 2 aromatic rings. The van der Waals surface area contributed by atoms with Crippen molar-refractivity contribution in [3.8, 4) is 11.5 Å². The first-order valence-corrected chi connectivity index (χ1v) is 9.39. The van der Waals surface area contributed by atoms with E-state index in [1.165, 1.54) is 12.8 Å². The van der Waals surface area contributed by atoms with Gasteiger partial charge in [0.1, 0.15) is 0 Å². The third-order valence-corrected chi connectivity index (χ3v) is 4.70. The van der Waals surface area contributed by atoms with E-state index in [0.717, 1.165) is 18.5 Å². The van der Waals surface area contributed by atoms with Gasteiger partial charge in [0.2, 0.25) is 0 Å². The molecule has 0 atom stereocenters. The molecule has 0 radical (unpaired) electrons. The topological polar surface area (TPSA) is 51.7 Å². The van der Waals surface area contributed by atoms with Crippen molar-refractivity contribution in [2.45, 2.75) is 31.8 Å². The monoisotopic (exact) mass is 374 g/mol. The number of anilines is 1. The van der Waals surface area contributed by atoms with Crippen molar-refractivity contribution in [1.82, 2.24) is 4.98 Å². The highest BCUT2D eigenvalue weighted by Crippen LogP contribution is 2.35. The zero-order chi connectivity index (χ0) is 18.4. The van der Waals surface area contributed by atoms with Gasteiger partial charge in [-0.25, -0.2) is 0 Å². The lowest BCUT2D eigenvalue weighted by atomic mass is 10.2. The number of hydrogen-bond acceptors (Lipinski definition) is 4. The average molecular weight is 375 g/mol. The first-order valence-electron chi connectivity index (χ1n) is 8.85. The Hall–Kier alpha value is -2.27. The number of carbonyl (C=O) groups excluding carboxylic acids is 1. The normalized spacial score (nSPS) is 14.2. The van der Waals surface area contributed by atoms with Crippen LogP contribution in [0.25, 0.3) is 0 Å². The fourth-order valence-electron chi connectivity index (χ4n) is 3.19. The van der Waals surface area contributed by atoms with Gasteiger partial charge in [0, 0.05) is 42.1 Å². The van der Waals surface area contributed by atoms with E-state index in [4.69, 9.17) is 21.1 Å². The number of benzene rings is 1. The lowest BCUT2D eigenvalue weighted by Crippen LogP contribution is -2.32. The Kier molecular flexibility index (Phi) is 6.34. The standard InChI is InChI=1S/C20H23ClN2O3/c1-25-18-7-6-16(14-19(18)26-17-4-2-3-5-17)23(13-10-21)20(24)15-8-11-22-12-9-15/h6-9,11-12,14,17H,2-5,10,13H2,1H3. The van der Waals surface area contributed by atoms with E-state index in [9.17, 15) is 4.79 Å². The largest absolute Gasteiger partial charge is 0.493 e. The Bertz CT molecular complexity index is 733. The number of rotatable bonds is 7. The minimum atomic E-state index is -0.120. The second-order valence-electron chi connectivity index (χ2n) is 6.24. The van der Waals surface area contributed by atoms with E-state index >= 15 is 0 Å². The average Bonchev–Trinajstić information content (AvgIpc) is 3.19. The van der Waals surface area contributed by atoms with Crippen molar-refractivity contribution in [2.75, 3.05) is 24.4 Å². The summed E-state index contributed by atoms with van der Waals surface area (Å²) in [6, 6.07) is 8.95. The summed E-state index contributed by atoms with van der Waals surface area (Å²) in [4.78, 5) is 18.5. The highest BCUT2D eigenvalue weighted by molar-refractivity contribution is 6.18. The van der Waals surface area contributed by atoms with E-state index in [2.05, 4.69) is 4.98 Å². The summed E-state index contributed by atoms with van der Waals surface area (Å²) in [6.45, 7) is 0.401. The Labute approximate surface area is 158 Å². The molecule has 6 heteroatoms. The molecule has 138 valence electrons. The molecule has 0 saturated heterocycles. The zero-order valence-corrected chi connectivity index (χ0v) is 15.6. The molecule has 1 aromatic carbocycles. The van der Waals surface area contributed by atoms with Crippen molar-refractivity contribution in [2.24, 2.45) is 0 Å². The fourth-order valence-corrected chi connectivity index (χ4v) is 3.36. The molecule has 0 spiro atoms. The minimum Gasteiger partial charge on any atom is -0.493 e. The van der Waals surface area contributed by atoms with Gasteiger partial charge >= 0.3 is 0 Å². The van der Waals surface area contributed by atoms with Crippen LogP contribution in [0.2, 0.25) is 0 Å². The molecule has 0 unspecified atom stereocenters. The third kappa shape index (κ3) is 4.28. The van der Waals surface area contributed by atoms with Crippen LogP contribution in [0.1, 0.15) is 36.0 Å². The van der Waals surface area contributed by atoms with Gasteiger partial charge in [-0.2, -0.15) is 0 Å². The molecule has 0 N–H and O–H groups in total. The summed E-state index contributed by atoms with van der Waals surface area (Å²) in [7, 11) is 1.62. The summed E-state index contributed by atoms with van der Waals surface area (Å²) in [5.41, 5.74) is 1.31. The predicted molar refractivity (Wildman–Crippen MR) is 103 cm³/mol. The maximum Gasteiger partial charge on any atom is 0.258 e. The highest BCUT2D eigenvalue weighted by Gasteiger charge is 2.22. The van der Waals surface area contributed by atoms with Gasteiger partial charge in [-0.3, -0.25) is 9.78 Å². The molecule has 5 nitrogen and oxygen atoms in total. The van der Waals surface area contributed by atoms with Crippen LogP contribution >= 0.6 is 11.6 Å². The number of pyridine rings is 1. The summed E-state index contributed by atoms with van der Waals surface area (Å²) >= 11 is 5.95. The third-order valence-electron chi connectivity index (χ3n) is 4.54. The molecule has 26 heavy (non-hydrogen) atoms. The van der Waals surface area contributed by atoms with E-state index in [-0.39, 0.29) is 12.0 Å². The number of hydrogen-bond donors (Lipinski definition) is 0. The van der Waals surface area contributed by atoms with Crippen LogP contribution in [0.15, 0.2) is 42.7 Å². The van der Waals surface area contributed by atoms with Crippen molar-refractivity contribution >= 4 is 23.2 Å². The molecular weight excluding hydrogens is 352 g/mol. The quantitative estimate of drug-likeness (QED) is 0.678. The Morgan fingerprint density at radius 2 is 1.92 bits per heavy atom. The SMILES string of the molecule is COc1ccc(N(CCCl)C(=O)c2ccncc2)cc1OC1CCCC1. The lowest BCUT2D eigenvalue weighted by molar-refractivity contribution is 0.0988. The number of amides is 1. The molecule has 0 aliphatic heterocycles. The predicted octanol–water partition coefficient (Wildman–Crippen LogP) is 4.30. The van der Waals surface area contributed by atoms with Gasteiger partial charge in [-0.05, 0) is 49.9 Å². The number of halogens is 1. The molecule has 1 fully saturated rings. The molecule has 1 aliphatic rings. The van der Waals surface area contributed by atoms with Gasteiger partial charge in [-0.15, -0.1) is 11.6 Å². The van der Waals surface area contributed by atoms with E-state index in [1.54, 1.807) is 36.5 Å². The van der Waals surface area contributed by atoms with E-state index in [1.807, 2.05) is 18.2 Å². The van der Waals surface area contributed by atoms with Crippen LogP contribution in [0.4, 0.5) is 5.69 Å². The molecule has 1 aliphatic carbocycles.